The van der Waals surface area contributed by atoms with Gasteiger partial charge in [0.15, 0.2) is 0 Å². The van der Waals surface area contributed by atoms with E-state index in [9.17, 15) is 9.50 Å². The first-order valence-corrected chi connectivity index (χ1v) is 6.05. The highest BCUT2D eigenvalue weighted by Crippen LogP contribution is 2.30. The van der Waals surface area contributed by atoms with Crippen LogP contribution in [0.1, 0.15) is 39.4 Å². The maximum atomic E-state index is 13.7. The molecule has 17 heavy (non-hydrogen) atoms. The monoisotopic (exact) mass is 239 g/mol. The molecule has 0 aliphatic carbocycles. The summed E-state index contributed by atoms with van der Waals surface area (Å²) in [6.45, 7) is 7.95. The van der Waals surface area contributed by atoms with Gasteiger partial charge < -0.3 is 10.0 Å². The van der Waals surface area contributed by atoms with Crippen molar-refractivity contribution in [2.75, 3.05) is 11.9 Å². The van der Waals surface area contributed by atoms with Crippen molar-refractivity contribution < 1.29 is 9.50 Å². The molecule has 96 valence electrons. The number of aliphatic hydroxyl groups is 1. The largest absolute Gasteiger partial charge is 0.389 e. The third kappa shape index (κ3) is 2.97. The van der Waals surface area contributed by atoms with Crippen LogP contribution in [0.25, 0.3) is 0 Å². The minimum Gasteiger partial charge on any atom is -0.389 e. The molecule has 1 rings (SSSR count). The lowest BCUT2D eigenvalue weighted by molar-refractivity contribution is 0.194. The van der Waals surface area contributed by atoms with Crippen molar-refractivity contribution >= 4 is 5.69 Å². The summed E-state index contributed by atoms with van der Waals surface area (Å²) in [4.78, 5) is 2.02. The molecule has 0 aliphatic heterocycles. The summed E-state index contributed by atoms with van der Waals surface area (Å²) in [5.41, 5.74) is 1.14. The zero-order valence-corrected chi connectivity index (χ0v) is 11.2. The first-order chi connectivity index (χ1) is 7.86. The molecule has 0 bridgehead atoms. The van der Waals surface area contributed by atoms with Crippen LogP contribution in [-0.2, 0) is 0 Å². The summed E-state index contributed by atoms with van der Waals surface area (Å²) in [5, 5.41) is 9.69. The number of hydrogen-bond acceptors (Lipinski definition) is 2. The van der Waals surface area contributed by atoms with E-state index in [1.54, 1.807) is 13.0 Å². The fourth-order valence-electron chi connectivity index (χ4n) is 1.91. The topological polar surface area (TPSA) is 23.5 Å². The van der Waals surface area contributed by atoms with Gasteiger partial charge >= 0.3 is 0 Å². The third-order valence-electron chi connectivity index (χ3n) is 3.40. The van der Waals surface area contributed by atoms with Crippen LogP contribution in [0.2, 0.25) is 0 Å². The Bertz CT molecular complexity index is 376. The van der Waals surface area contributed by atoms with E-state index in [0.717, 1.165) is 5.69 Å². The fourth-order valence-corrected chi connectivity index (χ4v) is 1.91. The molecular weight excluding hydrogens is 217 g/mol. The Morgan fingerprint density at radius 2 is 1.76 bits per heavy atom. The molecule has 0 saturated carbocycles. The van der Waals surface area contributed by atoms with E-state index in [-0.39, 0.29) is 11.9 Å². The van der Waals surface area contributed by atoms with E-state index in [1.165, 1.54) is 6.07 Å². The molecule has 0 amide bonds. The fraction of sp³-hybridized carbons (Fsp3) is 0.571. The van der Waals surface area contributed by atoms with Gasteiger partial charge in [-0.25, -0.2) is 4.39 Å². The number of aliphatic hydroxyl groups excluding tert-OH is 1. The molecule has 2 atom stereocenters. The summed E-state index contributed by atoms with van der Waals surface area (Å²) in [6.07, 6.45) is -0.798. The van der Waals surface area contributed by atoms with Crippen LogP contribution in [-0.4, -0.2) is 18.2 Å². The first-order valence-electron chi connectivity index (χ1n) is 6.05. The average Bonchev–Trinajstić information content (AvgIpc) is 2.25. The maximum Gasteiger partial charge on any atom is 0.131 e. The van der Waals surface area contributed by atoms with Gasteiger partial charge in [0.1, 0.15) is 5.82 Å². The Morgan fingerprint density at radius 1 is 1.18 bits per heavy atom. The van der Waals surface area contributed by atoms with Gasteiger partial charge in [-0.15, -0.1) is 0 Å². The van der Waals surface area contributed by atoms with Crippen LogP contribution in [0.5, 0.6) is 0 Å². The Hall–Kier alpha value is -1.09. The van der Waals surface area contributed by atoms with E-state index < -0.39 is 6.10 Å². The molecule has 0 saturated heterocycles. The summed E-state index contributed by atoms with van der Waals surface area (Å²) in [6, 6.07) is 5.21. The Balaban J connectivity index is 3.17. The second-order valence-corrected chi connectivity index (χ2v) is 4.94. The van der Waals surface area contributed by atoms with Crippen molar-refractivity contribution in [3.63, 3.8) is 0 Å². The van der Waals surface area contributed by atoms with Crippen LogP contribution in [0.4, 0.5) is 10.1 Å². The number of rotatable bonds is 4. The standard InChI is InChI=1S/C14H22FNO/c1-9(2)10(3)16(5)13-8-6-7-12(15)14(13)11(4)17/h6-11,17H,1-5H3/t10?,11-/m0/s1. The molecule has 1 unspecified atom stereocenters. The van der Waals surface area contributed by atoms with Gasteiger partial charge in [0.2, 0.25) is 0 Å². The summed E-state index contributed by atoms with van der Waals surface area (Å²) < 4.78 is 13.7. The quantitative estimate of drug-likeness (QED) is 0.871. The molecule has 1 aromatic rings. The van der Waals surface area contributed by atoms with Gasteiger partial charge in [-0.2, -0.15) is 0 Å². The normalized spacial score (nSPS) is 14.8. The van der Waals surface area contributed by atoms with E-state index >= 15 is 0 Å². The zero-order valence-electron chi connectivity index (χ0n) is 11.2. The summed E-state index contributed by atoms with van der Waals surface area (Å²) in [7, 11) is 1.94. The summed E-state index contributed by atoms with van der Waals surface area (Å²) >= 11 is 0. The second-order valence-electron chi connectivity index (χ2n) is 4.94. The zero-order chi connectivity index (χ0) is 13.2. The number of anilines is 1. The second kappa shape index (κ2) is 5.50. The Labute approximate surface area is 103 Å². The average molecular weight is 239 g/mol. The molecule has 0 fully saturated rings. The van der Waals surface area contributed by atoms with E-state index in [4.69, 9.17) is 0 Å². The van der Waals surface area contributed by atoms with Crippen molar-refractivity contribution in [3.8, 4) is 0 Å². The predicted molar refractivity (Wildman–Crippen MR) is 69.7 cm³/mol. The van der Waals surface area contributed by atoms with Crippen molar-refractivity contribution in [2.24, 2.45) is 5.92 Å². The smallest absolute Gasteiger partial charge is 0.131 e. The van der Waals surface area contributed by atoms with Crippen LogP contribution in [0.15, 0.2) is 18.2 Å². The highest BCUT2D eigenvalue weighted by molar-refractivity contribution is 5.55. The maximum absolute atomic E-state index is 13.7. The summed E-state index contributed by atoms with van der Waals surface area (Å²) in [5.74, 6) is 0.116. The van der Waals surface area contributed by atoms with Gasteiger partial charge in [0, 0.05) is 24.3 Å². The third-order valence-corrected chi connectivity index (χ3v) is 3.40. The number of nitrogens with zero attached hydrogens (tertiary/aromatic N) is 1. The van der Waals surface area contributed by atoms with Gasteiger partial charge in [-0.1, -0.05) is 19.9 Å². The first kappa shape index (κ1) is 14.0. The van der Waals surface area contributed by atoms with Crippen molar-refractivity contribution in [3.05, 3.63) is 29.6 Å². The van der Waals surface area contributed by atoms with Crippen molar-refractivity contribution in [1.82, 2.24) is 0 Å². The molecule has 0 aliphatic rings. The van der Waals surface area contributed by atoms with E-state index in [2.05, 4.69) is 20.8 Å². The Morgan fingerprint density at radius 3 is 2.24 bits per heavy atom. The SMILES string of the molecule is CC(C)C(C)N(C)c1cccc(F)c1[C@H](C)O. The van der Waals surface area contributed by atoms with Gasteiger partial charge in [-0.3, -0.25) is 0 Å². The van der Waals surface area contributed by atoms with Crippen LogP contribution >= 0.6 is 0 Å². The predicted octanol–water partition coefficient (Wildman–Crippen LogP) is 3.36. The molecule has 0 radical (unpaired) electrons. The van der Waals surface area contributed by atoms with Crippen LogP contribution in [0.3, 0.4) is 0 Å². The highest BCUT2D eigenvalue weighted by Gasteiger charge is 2.20. The number of benzene rings is 1. The molecule has 0 spiro atoms. The lowest BCUT2D eigenvalue weighted by Crippen LogP contribution is -2.34. The molecular formula is C14H22FNO. The van der Waals surface area contributed by atoms with E-state index in [1.807, 2.05) is 18.0 Å². The van der Waals surface area contributed by atoms with Gasteiger partial charge in [-0.05, 0) is 31.9 Å². The van der Waals surface area contributed by atoms with Crippen LogP contribution in [0, 0.1) is 11.7 Å². The number of hydrogen-bond donors (Lipinski definition) is 1. The van der Waals surface area contributed by atoms with Gasteiger partial charge in [0.05, 0.1) is 6.10 Å². The van der Waals surface area contributed by atoms with Crippen molar-refractivity contribution in [2.45, 2.75) is 39.8 Å². The van der Waals surface area contributed by atoms with Crippen molar-refractivity contribution in [1.29, 1.82) is 0 Å². The molecule has 1 aromatic carbocycles. The molecule has 3 heteroatoms. The number of halogens is 1. The lowest BCUT2D eigenvalue weighted by atomic mass is 10.0. The lowest BCUT2D eigenvalue weighted by Gasteiger charge is -2.32. The Kier molecular flexibility index (Phi) is 4.52. The van der Waals surface area contributed by atoms with E-state index in [0.29, 0.717) is 11.5 Å². The molecule has 1 N–H and O–H groups in total. The molecule has 2 nitrogen and oxygen atoms in total. The minimum atomic E-state index is -0.798. The minimum absolute atomic E-state index is 0.286. The van der Waals surface area contributed by atoms with Gasteiger partial charge in [0.25, 0.3) is 0 Å². The highest BCUT2D eigenvalue weighted by atomic mass is 19.1. The molecule has 0 heterocycles. The molecule has 0 aromatic heterocycles. The van der Waals surface area contributed by atoms with Crippen LogP contribution < -0.4 is 4.90 Å².